The van der Waals surface area contributed by atoms with Gasteiger partial charge in [-0.2, -0.15) is 5.10 Å². The van der Waals surface area contributed by atoms with Gasteiger partial charge < -0.3 is 9.72 Å². The van der Waals surface area contributed by atoms with Gasteiger partial charge in [-0.1, -0.05) is 18.2 Å². The van der Waals surface area contributed by atoms with E-state index in [-0.39, 0.29) is 34.6 Å². The van der Waals surface area contributed by atoms with Crippen LogP contribution in [-0.2, 0) is 6.42 Å². The highest BCUT2D eigenvalue weighted by Crippen LogP contribution is 2.28. The average molecular weight is 483 g/mol. The first-order valence-electron chi connectivity index (χ1n) is 8.47. The predicted molar refractivity (Wildman–Crippen MR) is 103 cm³/mol. The smallest absolute Gasteiger partial charge is 0.405 e. The van der Waals surface area contributed by atoms with Crippen LogP contribution in [0.2, 0.25) is 0 Å². The van der Waals surface area contributed by atoms with Crippen molar-refractivity contribution in [3.05, 3.63) is 80.7 Å². The number of hydrogen-bond acceptors (Lipinski definition) is 4. The van der Waals surface area contributed by atoms with Gasteiger partial charge in [0.1, 0.15) is 22.8 Å². The van der Waals surface area contributed by atoms with Crippen molar-refractivity contribution in [3.63, 3.8) is 0 Å². The van der Waals surface area contributed by atoms with Crippen LogP contribution in [0.25, 0.3) is 16.7 Å². The number of nitrogens with zero attached hydrogens (tertiary/aromatic N) is 3. The third-order valence-corrected chi connectivity index (χ3v) is 4.82. The Labute approximate surface area is 174 Å². The van der Waals surface area contributed by atoms with Crippen molar-refractivity contribution in [3.8, 4) is 11.4 Å². The minimum atomic E-state index is -4.85. The summed E-state index contributed by atoms with van der Waals surface area (Å²) in [7, 11) is 0. The summed E-state index contributed by atoms with van der Waals surface area (Å²) in [5.41, 5.74) is 0.298. The zero-order valence-corrected chi connectivity index (χ0v) is 16.5. The number of aromatic amines is 1. The van der Waals surface area contributed by atoms with E-state index in [0.29, 0.717) is 10.2 Å². The molecule has 0 unspecified atom stereocenters. The topological polar surface area (TPSA) is 72.8 Å². The molecular formula is C19H11BrF4N4O2. The number of alkyl halides is 3. The second-order valence-electron chi connectivity index (χ2n) is 6.23. The Morgan fingerprint density at radius 1 is 1.17 bits per heavy atom. The molecule has 0 saturated carbocycles. The summed E-state index contributed by atoms with van der Waals surface area (Å²) in [5.74, 6) is -0.733. The van der Waals surface area contributed by atoms with Crippen LogP contribution in [0, 0.1) is 5.82 Å². The van der Waals surface area contributed by atoms with E-state index in [1.54, 1.807) is 6.07 Å². The van der Waals surface area contributed by atoms with E-state index in [0.717, 1.165) is 0 Å². The summed E-state index contributed by atoms with van der Waals surface area (Å²) in [6, 6.07) is 9.51. The fourth-order valence-electron chi connectivity index (χ4n) is 2.93. The molecule has 0 spiro atoms. The molecule has 11 heteroatoms. The van der Waals surface area contributed by atoms with Crippen LogP contribution in [0.15, 0.2) is 57.9 Å². The lowest BCUT2D eigenvalue weighted by molar-refractivity contribution is -0.274. The number of hydrogen-bond donors (Lipinski definition) is 1. The molecule has 6 nitrogen and oxygen atoms in total. The van der Waals surface area contributed by atoms with Crippen molar-refractivity contribution in [2.75, 3.05) is 0 Å². The van der Waals surface area contributed by atoms with Gasteiger partial charge in [0, 0.05) is 16.5 Å². The summed E-state index contributed by atoms with van der Waals surface area (Å²) in [6.45, 7) is 0. The summed E-state index contributed by atoms with van der Waals surface area (Å²) in [6.07, 6.45) is -3.66. The summed E-state index contributed by atoms with van der Waals surface area (Å²) >= 11 is 3.24. The lowest BCUT2D eigenvalue weighted by atomic mass is 10.1. The minimum Gasteiger partial charge on any atom is -0.405 e. The summed E-state index contributed by atoms with van der Waals surface area (Å²) in [4.78, 5) is 19.4. The van der Waals surface area contributed by atoms with E-state index >= 15 is 0 Å². The average Bonchev–Trinajstić information content (AvgIpc) is 3.06. The van der Waals surface area contributed by atoms with Crippen LogP contribution in [0.1, 0.15) is 11.4 Å². The van der Waals surface area contributed by atoms with E-state index in [2.05, 4.69) is 35.7 Å². The molecule has 0 amide bonds. The molecule has 1 N–H and O–H groups in total. The highest BCUT2D eigenvalue weighted by atomic mass is 79.9. The number of halogens is 5. The van der Waals surface area contributed by atoms with Gasteiger partial charge in [-0.15, -0.1) is 13.2 Å². The lowest BCUT2D eigenvalue weighted by Gasteiger charge is -2.13. The van der Waals surface area contributed by atoms with E-state index in [1.165, 1.54) is 47.3 Å². The number of nitrogens with one attached hydrogen (secondary N) is 1. The van der Waals surface area contributed by atoms with Crippen molar-refractivity contribution >= 4 is 27.0 Å². The molecule has 4 rings (SSSR count). The molecule has 4 aromatic rings. The molecule has 0 bridgehead atoms. The summed E-state index contributed by atoms with van der Waals surface area (Å²) in [5, 5.41) is 4.32. The van der Waals surface area contributed by atoms with Gasteiger partial charge in [-0.25, -0.2) is 14.1 Å². The normalized spacial score (nSPS) is 11.8. The zero-order chi connectivity index (χ0) is 21.5. The second kappa shape index (κ2) is 7.56. The van der Waals surface area contributed by atoms with Gasteiger partial charge >= 0.3 is 6.36 Å². The maximum Gasteiger partial charge on any atom is 0.573 e. The van der Waals surface area contributed by atoms with E-state index in [9.17, 15) is 22.4 Å². The van der Waals surface area contributed by atoms with Crippen LogP contribution in [0.4, 0.5) is 17.6 Å². The molecule has 2 aromatic carbocycles. The Hall–Kier alpha value is -3.21. The Bertz CT molecular complexity index is 1300. The number of fused-ring (bicyclic) bond motifs is 1. The van der Waals surface area contributed by atoms with Crippen molar-refractivity contribution in [2.24, 2.45) is 0 Å². The number of benzene rings is 2. The van der Waals surface area contributed by atoms with Crippen LogP contribution >= 0.6 is 15.9 Å². The Morgan fingerprint density at radius 2 is 1.93 bits per heavy atom. The second-order valence-corrected chi connectivity index (χ2v) is 7.09. The van der Waals surface area contributed by atoms with Crippen LogP contribution < -0.4 is 10.3 Å². The van der Waals surface area contributed by atoms with Crippen molar-refractivity contribution in [1.29, 1.82) is 0 Å². The number of ether oxygens (including phenoxy) is 1. The molecule has 0 aliphatic carbocycles. The van der Waals surface area contributed by atoms with Crippen molar-refractivity contribution < 1.29 is 22.3 Å². The van der Waals surface area contributed by atoms with Crippen LogP contribution in [-0.4, -0.2) is 26.1 Å². The lowest BCUT2D eigenvalue weighted by Crippen LogP contribution is -2.18. The SMILES string of the molecule is O=c1[nH]c(Cc2ccccc2OC(F)(F)F)nc2c1cnn2-c1ccc(F)cc1Br. The standard InChI is InChI=1S/C19H11BrF4N4O2/c20-13-8-11(21)5-6-14(13)28-17-12(9-25-28)18(29)27-16(26-17)7-10-3-1-2-4-15(10)30-19(22,23)24/h1-6,8-9H,7H2,(H,26,27,29). The number of para-hydroxylation sites is 1. The number of aromatic nitrogens is 4. The van der Waals surface area contributed by atoms with Gasteiger partial charge in [0.2, 0.25) is 0 Å². The van der Waals surface area contributed by atoms with Crippen molar-refractivity contribution in [2.45, 2.75) is 12.8 Å². The minimum absolute atomic E-state index is 0.116. The molecule has 0 saturated heterocycles. The molecule has 0 aliphatic heterocycles. The third kappa shape index (κ3) is 4.06. The molecule has 2 aromatic heterocycles. The van der Waals surface area contributed by atoms with Gasteiger partial charge in [0.05, 0.1) is 11.9 Å². The Kier molecular flexibility index (Phi) is 5.06. The van der Waals surface area contributed by atoms with Crippen LogP contribution in [0.5, 0.6) is 5.75 Å². The highest BCUT2D eigenvalue weighted by molar-refractivity contribution is 9.10. The van der Waals surface area contributed by atoms with E-state index < -0.39 is 17.7 Å². The fourth-order valence-corrected chi connectivity index (χ4v) is 3.45. The van der Waals surface area contributed by atoms with Gasteiger partial charge in [-0.3, -0.25) is 4.79 Å². The summed E-state index contributed by atoms with van der Waals surface area (Å²) < 4.78 is 57.2. The first-order valence-corrected chi connectivity index (χ1v) is 9.26. The molecule has 2 heterocycles. The molecule has 0 aliphatic rings. The van der Waals surface area contributed by atoms with Crippen molar-refractivity contribution in [1.82, 2.24) is 19.7 Å². The highest BCUT2D eigenvalue weighted by Gasteiger charge is 2.32. The Morgan fingerprint density at radius 3 is 2.67 bits per heavy atom. The number of H-pyrrole nitrogens is 1. The molecular weight excluding hydrogens is 472 g/mol. The third-order valence-electron chi connectivity index (χ3n) is 4.18. The number of rotatable bonds is 4. The van der Waals surface area contributed by atoms with E-state index in [1.807, 2.05) is 0 Å². The first-order chi connectivity index (χ1) is 14.2. The molecule has 154 valence electrons. The van der Waals surface area contributed by atoms with E-state index in [4.69, 9.17) is 0 Å². The quantitative estimate of drug-likeness (QED) is 0.434. The molecule has 0 fully saturated rings. The predicted octanol–water partition coefficient (Wildman–Crippen LogP) is 4.50. The Balaban J connectivity index is 1.78. The molecule has 0 radical (unpaired) electrons. The van der Waals surface area contributed by atoms with Gasteiger partial charge in [-0.05, 0) is 40.2 Å². The molecule has 0 atom stereocenters. The van der Waals surface area contributed by atoms with Crippen LogP contribution in [0.3, 0.4) is 0 Å². The maximum absolute atomic E-state index is 13.4. The zero-order valence-electron chi connectivity index (χ0n) is 14.9. The molecule has 30 heavy (non-hydrogen) atoms. The fraction of sp³-hybridized carbons (Fsp3) is 0.105. The van der Waals surface area contributed by atoms with Gasteiger partial charge in [0.15, 0.2) is 5.65 Å². The monoisotopic (exact) mass is 482 g/mol. The maximum atomic E-state index is 13.4. The van der Waals surface area contributed by atoms with Gasteiger partial charge in [0.25, 0.3) is 5.56 Å². The largest absolute Gasteiger partial charge is 0.573 e. The first kappa shape index (κ1) is 20.1.